The topological polar surface area (TPSA) is 118 Å². The zero-order chi connectivity index (χ0) is 13.7. The fraction of sp³-hybridized carbons (Fsp3) is 0.400. The van der Waals surface area contributed by atoms with Gasteiger partial charge in [0.05, 0.1) is 11.5 Å². The molecule has 0 saturated carbocycles. The van der Waals surface area contributed by atoms with Gasteiger partial charge in [-0.25, -0.2) is 4.79 Å². The largest absolute Gasteiger partial charge is 0.463 e. The summed E-state index contributed by atoms with van der Waals surface area (Å²) >= 11 is 0. The average molecular weight is 255 g/mol. The van der Waals surface area contributed by atoms with Crippen LogP contribution in [0.3, 0.4) is 0 Å². The average Bonchev–Trinajstić information content (AvgIpc) is 2.28. The summed E-state index contributed by atoms with van der Waals surface area (Å²) in [6.07, 6.45) is -0.863. The highest BCUT2D eigenvalue weighted by atomic mass is 16.6. The Kier molecular flexibility index (Phi) is 4.41. The van der Waals surface area contributed by atoms with Crippen LogP contribution in [0.2, 0.25) is 0 Å². The lowest BCUT2D eigenvalue weighted by atomic mass is 10.4. The number of aromatic nitrogens is 1. The van der Waals surface area contributed by atoms with Crippen LogP contribution in [0, 0.1) is 10.1 Å². The van der Waals surface area contributed by atoms with Gasteiger partial charge in [-0.3, -0.25) is 10.1 Å². The molecule has 0 amide bonds. The molecule has 0 bridgehead atoms. The van der Waals surface area contributed by atoms with Crippen LogP contribution in [-0.4, -0.2) is 28.6 Å². The number of esters is 1. The minimum Gasteiger partial charge on any atom is -0.463 e. The molecule has 1 atom stereocenters. The SMILES string of the molecule is CCOC(=O)[C@H](C)Oc1ccc([N+](=O)[O-])c(N)n1. The Labute approximate surface area is 103 Å². The van der Waals surface area contributed by atoms with Crippen molar-refractivity contribution in [1.82, 2.24) is 4.98 Å². The molecule has 8 nitrogen and oxygen atoms in total. The molecule has 1 aromatic heterocycles. The quantitative estimate of drug-likeness (QED) is 0.471. The Morgan fingerprint density at radius 3 is 2.78 bits per heavy atom. The van der Waals surface area contributed by atoms with Crippen LogP contribution in [-0.2, 0) is 9.53 Å². The predicted molar refractivity (Wildman–Crippen MR) is 62.0 cm³/mol. The second-order valence-electron chi connectivity index (χ2n) is 3.32. The van der Waals surface area contributed by atoms with Crippen LogP contribution in [0.25, 0.3) is 0 Å². The van der Waals surface area contributed by atoms with Crippen molar-refractivity contribution in [3.63, 3.8) is 0 Å². The van der Waals surface area contributed by atoms with E-state index >= 15 is 0 Å². The first-order valence-corrected chi connectivity index (χ1v) is 5.20. The third-order valence-corrected chi connectivity index (χ3v) is 1.99. The van der Waals surface area contributed by atoms with E-state index in [0.29, 0.717) is 0 Å². The summed E-state index contributed by atoms with van der Waals surface area (Å²) in [4.78, 5) is 24.8. The zero-order valence-electron chi connectivity index (χ0n) is 9.95. The maximum absolute atomic E-state index is 11.3. The highest BCUT2D eigenvalue weighted by molar-refractivity contribution is 5.74. The maximum atomic E-state index is 11.3. The molecule has 0 aliphatic carbocycles. The van der Waals surface area contributed by atoms with Gasteiger partial charge in [-0.2, -0.15) is 4.98 Å². The van der Waals surface area contributed by atoms with E-state index in [2.05, 4.69) is 4.98 Å². The number of pyridine rings is 1. The molecular weight excluding hydrogens is 242 g/mol. The van der Waals surface area contributed by atoms with Gasteiger partial charge in [-0.1, -0.05) is 0 Å². The lowest BCUT2D eigenvalue weighted by Crippen LogP contribution is -2.26. The second kappa shape index (κ2) is 5.80. The van der Waals surface area contributed by atoms with Gasteiger partial charge in [0.15, 0.2) is 6.10 Å². The van der Waals surface area contributed by atoms with Gasteiger partial charge in [0, 0.05) is 12.1 Å². The van der Waals surface area contributed by atoms with Gasteiger partial charge in [-0.15, -0.1) is 0 Å². The molecule has 0 unspecified atom stereocenters. The fourth-order valence-corrected chi connectivity index (χ4v) is 1.16. The van der Waals surface area contributed by atoms with Crippen molar-refractivity contribution in [3.8, 4) is 5.88 Å². The van der Waals surface area contributed by atoms with Crippen LogP contribution >= 0.6 is 0 Å². The predicted octanol–water partition coefficient (Wildman–Crippen LogP) is 0.902. The van der Waals surface area contributed by atoms with Gasteiger partial charge >= 0.3 is 11.7 Å². The molecule has 0 saturated heterocycles. The number of nitro groups is 1. The Balaban J connectivity index is 2.77. The number of hydrogen-bond acceptors (Lipinski definition) is 7. The molecule has 0 aromatic carbocycles. The molecule has 1 aromatic rings. The van der Waals surface area contributed by atoms with Gasteiger partial charge in [0.2, 0.25) is 11.7 Å². The minimum absolute atomic E-state index is 0.0265. The van der Waals surface area contributed by atoms with Crippen molar-refractivity contribution < 1.29 is 19.2 Å². The minimum atomic E-state index is -0.863. The van der Waals surface area contributed by atoms with Gasteiger partial charge in [-0.05, 0) is 13.8 Å². The summed E-state index contributed by atoms with van der Waals surface area (Å²) in [7, 11) is 0. The first-order valence-electron chi connectivity index (χ1n) is 5.20. The zero-order valence-corrected chi connectivity index (χ0v) is 9.95. The number of ether oxygens (including phenoxy) is 2. The van der Waals surface area contributed by atoms with Crippen molar-refractivity contribution in [2.45, 2.75) is 20.0 Å². The van der Waals surface area contributed by atoms with E-state index in [1.54, 1.807) is 6.92 Å². The van der Waals surface area contributed by atoms with Crippen LogP contribution < -0.4 is 10.5 Å². The van der Waals surface area contributed by atoms with Gasteiger partial charge < -0.3 is 15.2 Å². The third-order valence-electron chi connectivity index (χ3n) is 1.99. The number of carbonyl (C=O) groups excluding carboxylic acids is 1. The third kappa shape index (κ3) is 3.30. The number of anilines is 1. The summed E-state index contributed by atoms with van der Waals surface area (Å²) in [5, 5.41) is 10.5. The van der Waals surface area contributed by atoms with Crippen molar-refractivity contribution in [1.29, 1.82) is 0 Å². The number of carbonyl (C=O) groups is 1. The first-order chi connectivity index (χ1) is 8.45. The van der Waals surface area contributed by atoms with E-state index in [1.165, 1.54) is 13.0 Å². The lowest BCUT2D eigenvalue weighted by Gasteiger charge is -2.12. The van der Waals surface area contributed by atoms with Gasteiger partial charge in [0.1, 0.15) is 0 Å². The molecule has 8 heteroatoms. The molecule has 98 valence electrons. The molecule has 18 heavy (non-hydrogen) atoms. The highest BCUT2D eigenvalue weighted by Gasteiger charge is 2.18. The fourth-order valence-electron chi connectivity index (χ4n) is 1.16. The van der Waals surface area contributed by atoms with Crippen molar-refractivity contribution in [2.24, 2.45) is 0 Å². The number of nitrogens with zero attached hydrogens (tertiary/aromatic N) is 2. The Morgan fingerprint density at radius 2 is 2.28 bits per heavy atom. The van der Waals surface area contributed by atoms with E-state index in [-0.39, 0.29) is 24.0 Å². The summed E-state index contributed by atoms with van der Waals surface area (Å²) in [6, 6.07) is 2.43. The number of nitrogens with two attached hydrogens (primary N) is 1. The molecule has 1 rings (SSSR count). The van der Waals surface area contributed by atoms with E-state index in [4.69, 9.17) is 15.2 Å². The lowest BCUT2D eigenvalue weighted by molar-refractivity contribution is -0.384. The van der Waals surface area contributed by atoms with E-state index in [9.17, 15) is 14.9 Å². The molecule has 1 heterocycles. The van der Waals surface area contributed by atoms with Crippen LogP contribution in [0.5, 0.6) is 5.88 Å². The molecule has 0 radical (unpaired) electrons. The number of nitrogen functional groups attached to an aromatic ring is 1. The molecule has 2 N–H and O–H groups in total. The normalized spacial score (nSPS) is 11.7. The monoisotopic (exact) mass is 255 g/mol. The molecular formula is C10H13N3O5. The summed E-state index contributed by atoms with van der Waals surface area (Å²) in [5.41, 5.74) is 5.07. The Hall–Kier alpha value is -2.38. The van der Waals surface area contributed by atoms with Crippen LogP contribution in [0.1, 0.15) is 13.8 Å². The van der Waals surface area contributed by atoms with E-state index < -0.39 is 17.0 Å². The smallest absolute Gasteiger partial charge is 0.347 e. The van der Waals surface area contributed by atoms with E-state index in [0.717, 1.165) is 6.07 Å². The summed E-state index contributed by atoms with van der Waals surface area (Å²) < 4.78 is 9.89. The summed E-state index contributed by atoms with van der Waals surface area (Å²) in [5.74, 6) is -0.788. The Bertz CT molecular complexity index is 463. The maximum Gasteiger partial charge on any atom is 0.347 e. The van der Waals surface area contributed by atoms with Crippen LogP contribution in [0.15, 0.2) is 12.1 Å². The number of hydrogen-bond donors (Lipinski definition) is 1. The second-order valence-corrected chi connectivity index (χ2v) is 3.32. The van der Waals surface area contributed by atoms with Crippen molar-refractivity contribution in [2.75, 3.05) is 12.3 Å². The van der Waals surface area contributed by atoms with Crippen LogP contribution in [0.4, 0.5) is 11.5 Å². The van der Waals surface area contributed by atoms with Crippen molar-refractivity contribution in [3.05, 3.63) is 22.2 Å². The summed E-state index contributed by atoms with van der Waals surface area (Å²) in [6.45, 7) is 3.40. The van der Waals surface area contributed by atoms with Gasteiger partial charge in [0.25, 0.3) is 0 Å². The van der Waals surface area contributed by atoms with Crippen molar-refractivity contribution >= 4 is 17.5 Å². The highest BCUT2D eigenvalue weighted by Crippen LogP contribution is 2.22. The first kappa shape index (κ1) is 13.7. The molecule has 0 spiro atoms. The molecule has 0 fully saturated rings. The standard InChI is InChI=1S/C10H13N3O5/c1-3-17-10(14)6(2)18-8-5-4-7(13(15)16)9(11)12-8/h4-6H,3H2,1-2H3,(H2,11,12)/t6-/m0/s1. The Morgan fingerprint density at radius 1 is 1.61 bits per heavy atom. The molecule has 0 aliphatic rings. The molecule has 0 aliphatic heterocycles. The number of rotatable bonds is 5. The van der Waals surface area contributed by atoms with E-state index in [1.807, 2.05) is 0 Å².